The molecule has 0 radical (unpaired) electrons. The lowest BCUT2D eigenvalue weighted by Crippen LogP contribution is -2.45. The molecule has 0 aliphatic heterocycles. The Morgan fingerprint density at radius 3 is 2.61 bits per heavy atom. The molecule has 2 atom stereocenters. The fourth-order valence-electron chi connectivity index (χ4n) is 2.99. The molecule has 0 spiro atoms. The van der Waals surface area contributed by atoms with Gasteiger partial charge in [-0.2, -0.15) is 0 Å². The molecule has 3 rings (SSSR count). The number of aliphatic hydroxyl groups excluding tert-OH is 1. The highest BCUT2D eigenvalue weighted by Gasteiger charge is 2.22. The molecule has 0 fully saturated rings. The number of rotatable bonds is 5. The molecule has 148 valence electrons. The maximum Gasteiger partial charge on any atom is 0.287 e. The van der Waals surface area contributed by atoms with Crippen molar-refractivity contribution in [2.45, 2.75) is 39.0 Å². The van der Waals surface area contributed by atoms with E-state index in [4.69, 9.17) is 11.6 Å². The molecule has 0 saturated heterocycles. The van der Waals surface area contributed by atoms with Crippen molar-refractivity contribution in [1.29, 1.82) is 0 Å². The predicted octanol–water partition coefficient (Wildman–Crippen LogP) is 0.980. The first-order chi connectivity index (χ1) is 13.3. The van der Waals surface area contributed by atoms with E-state index in [-0.39, 0.29) is 29.1 Å². The lowest BCUT2D eigenvalue weighted by atomic mass is 10.1. The van der Waals surface area contributed by atoms with Gasteiger partial charge in [0.25, 0.3) is 11.1 Å². The van der Waals surface area contributed by atoms with Crippen molar-refractivity contribution in [3.05, 3.63) is 54.2 Å². The van der Waals surface area contributed by atoms with Crippen LogP contribution in [0.15, 0.2) is 32.6 Å². The van der Waals surface area contributed by atoms with Gasteiger partial charge in [0.05, 0.1) is 5.52 Å². The maximum absolute atomic E-state index is 13.0. The molecule has 0 aliphatic carbocycles. The monoisotopic (exact) mass is 406 g/mol. The first-order valence-electron chi connectivity index (χ1n) is 8.77. The Morgan fingerprint density at radius 1 is 1.25 bits per heavy atom. The predicted molar refractivity (Wildman–Crippen MR) is 106 cm³/mol. The Morgan fingerprint density at radius 2 is 1.96 bits per heavy atom. The number of hydrogen-bond acceptors (Lipinski definition) is 5. The fraction of sp³-hybridized carbons (Fsp3) is 0.333. The summed E-state index contributed by atoms with van der Waals surface area (Å²) in [5, 5.41) is 14.8. The zero-order valence-electron chi connectivity index (χ0n) is 15.2. The average Bonchev–Trinajstić information content (AvgIpc) is 2.67. The van der Waals surface area contributed by atoms with Gasteiger partial charge in [0, 0.05) is 10.4 Å². The lowest BCUT2D eigenvalue weighted by Gasteiger charge is -2.21. The van der Waals surface area contributed by atoms with Crippen LogP contribution in [-0.2, 0) is 4.79 Å². The van der Waals surface area contributed by atoms with Crippen LogP contribution in [0.2, 0.25) is 5.02 Å². The second kappa shape index (κ2) is 7.61. The van der Waals surface area contributed by atoms with Crippen molar-refractivity contribution >= 4 is 39.3 Å². The van der Waals surface area contributed by atoms with Crippen molar-refractivity contribution in [2.24, 2.45) is 0 Å². The molecule has 0 bridgehead atoms. The molecule has 1 aromatic carbocycles. The maximum atomic E-state index is 13.0. The van der Waals surface area contributed by atoms with Crippen LogP contribution in [0.3, 0.4) is 0 Å². The zero-order chi connectivity index (χ0) is 20.6. The van der Waals surface area contributed by atoms with E-state index >= 15 is 0 Å². The summed E-state index contributed by atoms with van der Waals surface area (Å²) < 4.78 is 0.905. The van der Waals surface area contributed by atoms with Crippen molar-refractivity contribution < 1.29 is 9.90 Å². The van der Waals surface area contributed by atoms with E-state index in [9.17, 15) is 24.3 Å². The summed E-state index contributed by atoms with van der Waals surface area (Å²) in [5.41, 5.74) is -1.90. The van der Waals surface area contributed by atoms with Crippen LogP contribution in [-0.4, -0.2) is 31.9 Å². The van der Waals surface area contributed by atoms with Crippen molar-refractivity contribution in [3.8, 4) is 0 Å². The third kappa shape index (κ3) is 3.34. The van der Waals surface area contributed by atoms with Gasteiger partial charge < -0.3 is 15.4 Å². The van der Waals surface area contributed by atoms with Gasteiger partial charge in [-0.3, -0.25) is 24.3 Å². The Balaban J connectivity index is 2.26. The molecule has 0 aliphatic rings. The molecule has 3 aromatic rings. The van der Waals surface area contributed by atoms with E-state index in [0.29, 0.717) is 10.5 Å². The van der Waals surface area contributed by atoms with Crippen molar-refractivity contribution in [2.75, 3.05) is 0 Å². The second-order valence-corrected chi connectivity index (χ2v) is 6.80. The molecule has 2 heterocycles. The number of fused-ring (bicyclic) bond motifs is 2. The second-order valence-electron chi connectivity index (χ2n) is 6.37. The summed E-state index contributed by atoms with van der Waals surface area (Å²) in [6.07, 6.45) is -1.74. The number of nitrogens with zero attached hydrogens (tertiary/aromatic N) is 1. The molecule has 9 nitrogen and oxygen atoms in total. The molecule has 4 N–H and O–H groups in total. The van der Waals surface area contributed by atoms with Crippen molar-refractivity contribution in [3.63, 3.8) is 0 Å². The standard InChI is InChI=1S/C18H19ClN4O5/c1-3-11(24)16(26)21-12(4-2)23-18(28)13-14(17(27)22-23)20-10-7-8(19)5-6-9(10)15(13)25/h5-7,11-12,24H,3-4H2,1-2H3,(H,20,25)(H,21,26)(H,22,27). The number of pyridine rings is 1. The van der Waals surface area contributed by atoms with Gasteiger partial charge in [-0.25, -0.2) is 4.68 Å². The summed E-state index contributed by atoms with van der Waals surface area (Å²) in [6, 6.07) is 4.47. The highest BCUT2D eigenvalue weighted by molar-refractivity contribution is 6.31. The quantitative estimate of drug-likeness (QED) is 0.468. The molecular formula is C18H19ClN4O5. The molecular weight excluding hydrogens is 388 g/mol. The summed E-state index contributed by atoms with van der Waals surface area (Å²) >= 11 is 5.93. The van der Waals surface area contributed by atoms with Crippen LogP contribution in [0.1, 0.15) is 32.9 Å². The first kappa shape index (κ1) is 19.8. The van der Waals surface area contributed by atoms with E-state index in [1.807, 2.05) is 0 Å². The van der Waals surface area contributed by atoms with E-state index < -0.39 is 34.7 Å². The molecule has 28 heavy (non-hydrogen) atoms. The Labute approximate surface area is 162 Å². The van der Waals surface area contributed by atoms with E-state index in [0.717, 1.165) is 4.68 Å². The number of amides is 1. The molecule has 1 amide bonds. The molecule has 0 saturated carbocycles. The van der Waals surface area contributed by atoms with E-state index in [1.165, 1.54) is 18.2 Å². The van der Waals surface area contributed by atoms with E-state index in [2.05, 4.69) is 15.4 Å². The van der Waals surface area contributed by atoms with Crippen LogP contribution in [0, 0.1) is 0 Å². The van der Waals surface area contributed by atoms with Crippen LogP contribution >= 0.6 is 11.6 Å². The summed E-state index contributed by atoms with van der Waals surface area (Å²) in [7, 11) is 0. The Hall–Kier alpha value is -2.91. The number of hydrogen-bond donors (Lipinski definition) is 4. The van der Waals surface area contributed by atoms with Gasteiger partial charge in [0.2, 0.25) is 11.3 Å². The number of aliphatic hydroxyl groups is 1. The summed E-state index contributed by atoms with van der Waals surface area (Å²) in [5.74, 6) is -0.677. The molecule has 2 unspecified atom stereocenters. The largest absolute Gasteiger partial charge is 0.383 e. The smallest absolute Gasteiger partial charge is 0.287 e. The number of aromatic amines is 2. The normalized spacial score (nSPS) is 13.6. The van der Waals surface area contributed by atoms with Crippen LogP contribution < -0.4 is 21.9 Å². The number of carbonyl (C=O) groups is 1. The number of halogens is 1. The van der Waals surface area contributed by atoms with Crippen LogP contribution in [0.5, 0.6) is 0 Å². The topological polar surface area (TPSA) is 137 Å². The molecule has 10 heteroatoms. The minimum Gasteiger partial charge on any atom is -0.383 e. The minimum absolute atomic E-state index is 0.171. The number of carbonyl (C=O) groups excluding carboxylic acids is 1. The fourth-order valence-corrected chi connectivity index (χ4v) is 3.16. The summed E-state index contributed by atoms with van der Waals surface area (Å²) in [6.45, 7) is 3.32. The van der Waals surface area contributed by atoms with E-state index in [1.54, 1.807) is 13.8 Å². The van der Waals surface area contributed by atoms with Gasteiger partial charge in [0.15, 0.2) is 0 Å². The third-order valence-electron chi connectivity index (χ3n) is 4.54. The Bertz CT molecular complexity index is 1240. The van der Waals surface area contributed by atoms with Gasteiger partial charge in [-0.15, -0.1) is 0 Å². The van der Waals surface area contributed by atoms with Crippen LogP contribution in [0.4, 0.5) is 0 Å². The van der Waals surface area contributed by atoms with Gasteiger partial charge in [0.1, 0.15) is 23.2 Å². The lowest BCUT2D eigenvalue weighted by molar-refractivity contribution is -0.131. The van der Waals surface area contributed by atoms with Gasteiger partial charge >= 0.3 is 0 Å². The highest BCUT2D eigenvalue weighted by atomic mass is 35.5. The zero-order valence-corrected chi connectivity index (χ0v) is 16.0. The molecule has 2 aromatic heterocycles. The number of H-pyrrole nitrogens is 2. The van der Waals surface area contributed by atoms with Gasteiger partial charge in [-0.05, 0) is 31.0 Å². The number of aromatic nitrogens is 3. The minimum atomic E-state index is -1.24. The number of nitrogens with one attached hydrogen (secondary N) is 3. The SMILES string of the molecule is CCC(O)C(=O)NC(CC)n1[nH]c(=O)c2[nH]c3cc(Cl)ccc3c(=O)c2c1=O. The number of benzene rings is 1. The van der Waals surface area contributed by atoms with Gasteiger partial charge in [-0.1, -0.05) is 25.4 Å². The van der Waals surface area contributed by atoms with Crippen LogP contribution in [0.25, 0.3) is 21.8 Å². The first-order valence-corrected chi connectivity index (χ1v) is 9.14. The Kier molecular flexibility index (Phi) is 5.39. The summed E-state index contributed by atoms with van der Waals surface area (Å²) in [4.78, 5) is 53.2. The average molecular weight is 407 g/mol. The highest BCUT2D eigenvalue weighted by Crippen LogP contribution is 2.16. The third-order valence-corrected chi connectivity index (χ3v) is 4.78. The van der Waals surface area contributed by atoms with Crippen molar-refractivity contribution in [1.82, 2.24) is 20.1 Å².